The first-order valence-corrected chi connectivity index (χ1v) is 13.4. The van der Waals surface area contributed by atoms with Crippen molar-refractivity contribution in [2.45, 2.75) is 154 Å². The van der Waals surface area contributed by atoms with Gasteiger partial charge in [-0.05, 0) is 20.3 Å². The molecule has 2 aliphatic heterocycles. The van der Waals surface area contributed by atoms with Gasteiger partial charge in [-0.2, -0.15) is 0 Å². The van der Waals surface area contributed by atoms with Gasteiger partial charge in [0, 0.05) is 6.42 Å². The first kappa shape index (κ1) is 27.6. The van der Waals surface area contributed by atoms with Gasteiger partial charge in [0.15, 0.2) is 12.1 Å². The normalized spacial score (nSPS) is 26.4. The molecule has 2 N–H and O–H groups in total. The second-order valence-corrected chi connectivity index (χ2v) is 10.1. The van der Waals surface area contributed by atoms with E-state index in [0.717, 1.165) is 12.8 Å². The van der Waals surface area contributed by atoms with E-state index in [4.69, 9.17) is 14.2 Å². The van der Waals surface area contributed by atoms with Gasteiger partial charge in [-0.15, -0.1) is 0 Å². The predicted octanol–water partition coefficient (Wildman–Crippen LogP) is 5.60. The minimum Gasteiger partial charge on any atom is -0.394 e. The highest BCUT2D eigenvalue weighted by Crippen LogP contribution is 2.37. The van der Waals surface area contributed by atoms with Crippen molar-refractivity contribution in [3.05, 3.63) is 0 Å². The molecule has 0 radical (unpaired) electrons. The van der Waals surface area contributed by atoms with E-state index in [1.807, 2.05) is 13.8 Å². The van der Waals surface area contributed by atoms with Gasteiger partial charge < -0.3 is 24.6 Å². The number of carbonyl (C=O) groups excluding carboxylic acids is 1. The molecule has 2 rings (SSSR count). The van der Waals surface area contributed by atoms with Crippen LogP contribution in [0.4, 0.5) is 0 Å². The molecular formula is C26H49NO5. The summed E-state index contributed by atoms with van der Waals surface area (Å²) in [7, 11) is 0. The van der Waals surface area contributed by atoms with Crippen molar-refractivity contribution in [2.75, 3.05) is 6.61 Å². The fourth-order valence-electron chi connectivity index (χ4n) is 4.82. The Balaban J connectivity index is 1.42. The van der Waals surface area contributed by atoms with E-state index >= 15 is 0 Å². The molecule has 0 spiro atoms. The number of ether oxygens (including phenoxy) is 3. The van der Waals surface area contributed by atoms with Crippen molar-refractivity contribution < 1.29 is 24.1 Å². The Kier molecular flexibility index (Phi) is 13.1. The fraction of sp³-hybridized carbons (Fsp3) is 0.962. The topological polar surface area (TPSA) is 77.0 Å². The number of amides is 1. The fourth-order valence-corrected chi connectivity index (χ4v) is 4.82. The smallest absolute Gasteiger partial charge is 0.220 e. The molecular weight excluding hydrogens is 406 g/mol. The van der Waals surface area contributed by atoms with Crippen molar-refractivity contribution in [1.82, 2.24) is 5.32 Å². The van der Waals surface area contributed by atoms with E-state index in [1.165, 1.54) is 83.5 Å². The van der Waals surface area contributed by atoms with Crippen LogP contribution < -0.4 is 5.32 Å². The zero-order chi connectivity index (χ0) is 23.2. The van der Waals surface area contributed by atoms with Crippen LogP contribution in [0.3, 0.4) is 0 Å². The standard InChI is InChI=1S/C26H49NO5/c1-4-5-6-7-8-9-10-11-12-13-14-15-16-17-18-19-22(29)27-23-21(20-28)30-25-24(23)31-26(2,3)32-25/h21,23-25,28H,4-20H2,1-3H3,(H,27,29)/t21-,23-,24-,25-/m1/s1. The van der Waals surface area contributed by atoms with Crippen LogP contribution in [0.25, 0.3) is 0 Å². The number of fused-ring (bicyclic) bond motifs is 1. The summed E-state index contributed by atoms with van der Waals surface area (Å²) in [6, 6.07) is -0.365. The third-order valence-electron chi connectivity index (χ3n) is 6.67. The van der Waals surface area contributed by atoms with Crippen LogP contribution in [0.15, 0.2) is 0 Å². The lowest BCUT2D eigenvalue weighted by molar-refractivity contribution is -0.210. The summed E-state index contributed by atoms with van der Waals surface area (Å²) in [5.74, 6) is -0.729. The molecule has 32 heavy (non-hydrogen) atoms. The highest BCUT2D eigenvalue weighted by molar-refractivity contribution is 5.76. The van der Waals surface area contributed by atoms with Crippen LogP contribution in [0, 0.1) is 0 Å². The summed E-state index contributed by atoms with van der Waals surface area (Å²) in [6.07, 6.45) is 18.8. The molecule has 6 nitrogen and oxygen atoms in total. The number of carbonyl (C=O) groups is 1. The Morgan fingerprint density at radius 3 is 1.81 bits per heavy atom. The zero-order valence-electron chi connectivity index (χ0n) is 20.9. The van der Waals surface area contributed by atoms with Crippen molar-refractivity contribution in [2.24, 2.45) is 0 Å². The van der Waals surface area contributed by atoms with E-state index in [-0.39, 0.29) is 24.7 Å². The molecule has 0 saturated carbocycles. The van der Waals surface area contributed by atoms with Crippen molar-refractivity contribution in [3.63, 3.8) is 0 Å². The van der Waals surface area contributed by atoms with Crippen molar-refractivity contribution in [1.29, 1.82) is 0 Å². The number of hydrogen-bond donors (Lipinski definition) is 2. The van der Waals surface area contributed by atoms with Gasteiger partial charge in [0.05, 0.1) is 12.6 Å². The van der Waals surface area contributed by atoms with Crippen LogP contribution in [0.5, 0.6) is 0 Å². The SMILES string of the molecule is CCCCCCCCCCCCCCCCCC(=O)N[C@H]1[C@H]2OC(C)(C)O[C@H]2O[C@@H]1CO. The number of aliphatic hydroxyl groups excluding tert-OH is 1. The van der Waals surface area contributed by atoms with Gasteiger partial charge >= 0.3 is 0 Å². The van der Waals surface area contributed by atoms with E-state index in [2.05, 4.69) is 12.2 Å². The third kappa shape index (κ3) is 10.1. The molecule has 6 heteroatoms. The molecule has 0 aromatic heterocycles. The third-order valence-corrected chi connectivity index (χ3v) is 6.67. The molecule has 2 heterocycles. The summed E-state index contributed by atoms with van der Waals surface area (Å²) in [5.41, 5.74) is 0. The molecule has 0 unspecified atom stereocenters. The number of nitrogens with one attached hydrogen (secondary N) is 1. The maximum atomic E-state index is 12.4. The summed E-state index contributed by atoms with van der Waals surface area (Å²) >= 11 is 0. The Morgan fingerprint density at radius 1 is 0.812 bits per heavy atom. The molecule has 2 fully saturated rings. The Hall–Kier alpha value is -0.690. The average molecular weight is 456 g/mol. The predicted molar refractivity (Wildman–Crippen MR) is 127 cm³/mol. The van der Waals surface area contributed by atoms with Crippen LogP contribution in [0.2, 0.25) is 0 Å². The molecule has 0 aromatic rings. The van der Waals surface area contributed by atoms with Crippen LogP contribution in [-0.4, -0.2) is 47.9 Å². The van der Waals surface area contributed by atoms with Crippen LogP contribution in [-0.2, 0) is 19.0 Å². The van der Waals surface area contributed by atoms with Gasteiger partial charge in [0.1, 0.15) is 12.2 Å². The summed E-state index contributed by atoms with van der Waals surface area (Å²) < 4.78 is 17.3. The van der Waals surface area contributed by atoms with Crippen molar-refractivity contribution >= 4 is 5.91 Å². The largest absolute Gasteiger partial charge is 0.394 e. The van der Waals surface area contributed by atoms with Crippen LogP contribution >= 0.6 is 0 Å². The molecule has 0 bridgehead atoms. The Bertz CT molecular complexity index is 512. The first-order chi connectivity index (χ1) is 15.5. The molecule has 2 saturated heterocycles. The maximum absolute atomic E-state index is 12.4. The Morgan fingerprint density at radius 2 is 1.31 bits per heavy atom. The van der Waals surface area contributed by atoms with Gasteiger partial charge in [-0.25, -0.2) is 0 Å². The zero-order valence-corrected chi connectivity index (χ0v) is 20.9. The summed E-state index contributed by atoms with van der Waals surface area (Å²) in [4.78, 5) is 12.4. The highest BCUT2D eigenvalue weighted by atomic mass is 16.8. The van der Waals surface area contributed by atoms with Gasteiger partial charge in [-0.3, -0.25) is 4.79 Å². The van der Waals surface area contributed by atoms with Gasteiger partial charge in [0.25, 0.3) is 0 Å². The van der Waals surface area contributed by atoms with E-state index in [0.29, 0.717) is 6.42 Å². The highest BCUT2D eigenvalue weighted by Gasteiger charge is 2.54. The number of unbranched alkanes of at least 4 members (excludes halogenated alkanes) is 14. The molecule has 188 valence electrons. The van der Waals surface area contributed by atoms with Gasteiger partial charge in [-0.1, -0.05) is 96.8 Å². The van der Waals surface area contributed by atoms with Crippen LogP contribution in [0.1, 0.15) is 124 Å². The van der Waals surface area contributed by atoms with Crippen molar-refractivity contribution in [3.8, 4) is 0 Å². The summed E-state index contributed by atoms with van der Waals surface area (Å²) in [5, 5.41) is 12.6. The maximum Gasteiger partial charge on any atom is 0.220 e. The monoisotopic (exact) mass is 455 g/mol. The average Bonchev–Trinajstić information content (AvgIpc) is 3.22. The van der Waals surface area contributed by atoms with E-state index in [1.54, 1.807) is 0 Å². The minimum atomic E-state index is -0.729. The second-order valence-electron chi connectivity index (χ2n) is 10.1. The quantitative estimate of drug-likeness (QED) is 0.263. The lowest BCUT2D eigenvalue weighted by Crippen LogP contribution is -2.49. The summed E-state index contributed by atoms with van der Waals surface area (Å²) in [6.45, 7) is 5.77. The minimum absolute atomic E-state index is 0.000648. The lowest BCUT2D eigenvalue weighted by Gasteiger charge is -2.25. The molecule has 0 aliphatic carbocycles. The number of aliphatic hydroxyl groups is 1. The first-order valence-electron chi connectivity index (χ1n) is 13.4. The van der Waals surface area contributed by atoms with E-state index in [9.17, 15) is 9.90 Å². The molecule has 0 aromatic carbocycles. The second kappa shape index (κ2) is 15.3. The van der Waals surface area contributed by atoms with E-state index < -0.39 is 18.2 Å². The van der Waals surface area contributed by atoms with Gasteiger partial charge in [0.2, 0.25) is 5.91 Å². The number of rotatable bonds is 18. The lowest BCUT2D eigenvalue weighted by atomic mass is 10.0. The molecule has 2 aliphatic rings. The Labute approximate surface area is 196 Å². The molecule has 1 amide bonds. The number of hydrogen-bond acceptors (Lipinski definition) is 5. The molecule has 4 atom stereocenters.